The van der Waals surface area contributed by atoms with Gasteiger partial charge in [-0.15, -0.1) is 11.3 Å². The van der Waals surface area contributed by atoms with Crippen LogP contribution in [0.15, 0.2) is 51.0 Å². The van der Waals surface area contributed by atoms with Gasteiger partial charge in [0.2, 0.25) is 17.1 Å². The molecule has 162 valence electrons. The Balaban J connectivity index is 1.48. The summed E-state index contributed by atoms with van der Waals surface area (Å²) in [4.78, 5) is 29.6. The Hall–Kier alpha value is -2.58. The molecule has 0 spiro atoms. The number of rotatable bonds is 6. The van der Waals surface area contributed by atoms with E-state index in [2.05, 4.69) is 10.3 Å². The number of hydrogen-bond donors (Lipinski definition) is 2. The van der Waals surface area contributed by atoms with Gasteiger partial charge in [-0.05, 0) is 31.3 Å². The number of nitrogens with zero attached hydrogens (tertiary/aromatic N) is 1. The van der Waals surface area contributed by atoms with Crippen molar-refractivity contribution in [1.29, 1.82) is 0 Å². The van der Waals surface area contributed by atoms with E-state index < -0.39 is 10.8 Å². The van der Waals surface area contributed by atoms with Gasteiger partial charge in [0.15, 0.2) is 5.76 Å². The third-order valence-electron chi connectivity index (χ3n) is 5.52. The highest BCUT2D eigenvalue weighted by Crippen LogP contribution is 2.44. The molecule has 1 aliphatic heterocycles. The first-order chi connectivity index (χ1) is 15.0. The molecule has 31 heavy (non-hydrogen) atoms. The van der Waals surface area contributed by atoms with Crippen LogP contribution < -0.4 is 10.7 Å². The topological polar surface area (TPSA) is 92.4 Å². The number of nitrogens with one attached hydrogen (secondary N) is 1. The lowest BCUT2D eigenvalue weighted by molar-refractivity contribution is -0.122. The summed E-state index contributed by atoms with van der Waals surface area (Å²) in [5, 5.41) is 16.2. The fraction of sp³-hybridized carbons (Fsp3) is 0.348. The van der Waals surface area contributed by atoms with E-state index in [1.54, 1.807) is 30.0 Å². The number of benzene rings is 1. The molecule has 8 heteroatoms. The van der Waals surface area contributed by atoms with Crippen LogP contribution in [0.4, 0.5) is 0 Å². The summed E-state index contributed by atoms with van der Waals surface area (Å²) in [5.74, 6) is 1.84. The largest absolute Gasteiger partial charge is 0.502 e. The van der Waals surface area contributed by atoms with Gasteiger partial charge in [-0.3, -0.25) is 9.59 Å². The Kier molecular flexibility index (Phi) is 6.48. The molecule has 0 unspecified atom stereocenters. The number of carbonyl (C=O) groups is 1. The van der Waals surface area contributed by atoms with Crippen LogP contribution in [0, 0.1) is 6.92 Å². The van der Waals surface area contributed by atoms with E-state index in [9.17, 15) is 14.7 Å². The van der Waals surface area contributed by atoms with Gasteiger partial charge in [0.1, 0.15) is 10.8 Å². The van der Waals surface area contributed by atoms with Crippen LogP contribution in [0.2, 0.25) is 0 Å². The Morgan fingerprint density at radius 2 is 2.00 bits per heavy atom. The molecule has 3 heterocycles. The summed E-state index contributed by atoms with van der Waals surface area (Å²) >= 11 is 3.35. The second kappa shape index (κ2) is 9.28. The maximum atomic E-state index is 12.9. The maximum absolute atomic E-state index is 12.9. The van der Waals surface area contributed by atoms with E-state index in [0.29, 0.717) is 25.1 Å². The zero-order valence-electron chi connectivity index (χ0n) is 17.2. The predicted octanol–water partition coefficient (Wildman–Crippen LogP) is 4.25. The van der Waals surface area contributed by atoms with Gasteiger partial charge >= 0.3 is 0 Å². The fourth-order valence-corrected chi connectivity index (χ4v) is 5.97. The Morgan fingerprint density at radius 1 is 1.26 bits per heavy atom. The lowest BCUT2D eigenvalue weighted by atomic mass is 9.75. The summed E-state index contributed by atoms with van der Waals surface area (Å²) in [6.07, 6.45) is 1.49. The molecule has 1 amide bonds. The third-order valence-corrected chi connectivity index (χ3v) is 7.44. The molecule has 1 aromatic carbocycles. The number of thioether (sulfide) groups is 1. The Bertz CT molecular complexity index is 1120. The van der Waals surface area contributed by atoms with Crippen molar-refractivity contribution in [2.24, 2.45) is 0 Å². The van der Waals surface area contributed by atoms with Gasteiger partial charge in [-0.25, -0.2) is 4.98 Å². The fourth-order valence-electron chi connectivity index (χ4n) is 3.87. The molecule has 0 radical (unpaired) electrons. The molecule has 2 aromatic heterocycles. The molecule has 1 saturated heterocycles. The van der Waals surface area contributed by atoms with Crippen molar-refractivity contribution in [1.82, 2.24) is 10.3 Å². The summed E-state index contributed by atoms with van der Waals surface area (Å²) < 4.78 is 5.80. The van der Waals surface area contributed by atoms with Crippen molar-refractivity contribution >= 4 is 29.0 Å². The van der Waals surface area contributed by atoms with E-state index in [0.717, 1.165) is 27.8 Å². The second-order valence-corrected chi connectivity index (χ2v) is 9.84. The molecule has 2 N–H and O–H groups in total. The van der Waals surface area contributed by atoms with E-state index in [4.69, 9.17) is 4.42 Å². The highest BCUT2D eigenvalue weighted by Gasteiger charge is 2.41. The summed E-state index contributed by atoms with van der Waals surface area (Å²) in [6.45, 7) is 2.01. The van der Waals surface area contributed by atoms with Crippen molar-refractivity contribution in [2.75, 3.05) is 11.5 Å². The average molecular weight is 457 g/mol. The van der Waals surface area contributed by atoms with Crippen LogP contribution in [0.25, 0.3) is 10.6 Å². The molecule has 1 fully saturated rings. The highest BCUT2D eigenvalue weighted by molar-refractivity contribution is 7.99. The van der Waals surface area contributed by atoms with Gasteiger partial charge in [0.05, 0.1) is 12.2 Å². The standard InChI is InChI=1S/C23H24N2O4S2/c1-15-11-18(26)20(28)21(29-15)23(7-9-30-10-8-23)12-19(27)24-13-17-14-31-22(25-17)16-5-3-2-4-6-16/h2-6,11,14,28H,7-10,12-13H2,1H3,(H,24,27). The van der Waals surface area contributed by atoms with Crippen LogP contribution in [-0.2, 0) is 16.8 Å². The van der Waals surface area contributed by atoms with Gasteiger partial charge < -0.3 is 14.8 Å². The first-order valence-electron chi connectivity index (χ1n) is 10.2. The number of amides is 1. The highest BCUT2D eigenvalue weighted by atomic mass is 32.2. The summed E-state index contributed by atoms with van der Waals surface area (Å²) in [7, 11) is 0. The lowest BCUT2D eigenvalue weighted by Gasteiger charge is -2.35. The average Bonchev–Trinajstić information content (AvgIpc) is 3.25. The first-order valence-corrected chi connectivity index (χ1v) is 12.2. The van der Waals surface area contributed by atoms with Crippen LogP contribution >= 0.6 is 23.1 Å². The molecule has 6 nitrogen and oxygen atoms in total. The monoisotopic (exact) mass is 456 g/mol. The smallest absolute Gasteiger partial charge is 0.227 e. The molecule has 0 atom stereocenters. The van der Waals surface area contributed by atoms with Gasteiger partial charge in [-0.1, -0.05) is 30.3 Å². The summed E-state index contributed by atoms with van der Waals surface area (Å²) in [5.41, 5.74) is 0.707. The number of carbonyl (C=O) groups excluding carboxylic acids is 1. The number of thiazole rings is 1. The van der Waals surface area contributed by atoms with E-state index in [-0.39, 0.29) is 23.8 Å². The SMILES string of the molecule is Cc1cc(=O)c(O)c(C2(CC(=O)NCc3csc(-c4ccccc4)n3)CCSCC2)o1. The minimum absolute atomic E-state index is 0.148. The molecule has 1 aliphatic rings. The van der Waals surface area contributed by atoms with Gasteiger partial charge in [-0.2, -0.15) is 11.8 Å². The van der Waals surface area contributed by atoms with E-state index in [1.165, 1.54) is 6.07 Å². The van der Waals surface area contributed by atoms with E-state index >= 15 is 0 Å². The first kappa shape index (κ1) is 21.6. The molecule has 0 saturated carbocycles. The van der Waals surface area contributed by atoms with Crippen LogP contribution in [0.1, 0.15) is 36.5 Å². The van der Waals surface area contributed by atoms with Crippen molar-refractivity contribution in [3.8, 4) is 16.3 Å². The third kappa shape index (κ3) is 4.85. The Labute approximate surface area is 188 Å². The van der Waals surface area contributed by atoms with Crippen molar-refractivity contribution in [2.45, 2.75) is 38.1 Å². The van der Waals surface area contributed by atoms with E-state index in [1.807, 2.05) is 35.7 Å². The number of hydrogen-bond acceptors (Lipinski definition) is 7. The zero-order chi connectivity index (χ0) is 21.8. The minimum Gasteiger partial charge on any atom is -0.502 e. The number of aryl methyl sites for hydroxylation is 1. The Morgan fingerprint density at radius 3 is 2.74 bits per heavy atom. The zero-order valence-corrected chi connectivity index (χ0v) is 18.9. The van der Waals surface area contributed by atoms with Crippen molar-refractivity contribution in [3.63, 3.8) is 0 Å². The quantitative estimate of drug-likeness (QED) is 0.576. The molecule has 4 rings (SSSR count). The minimum atomic E-state index is -0.679. The molecule has 0 bridgehead atoms. The van der Waals surface area contributed by atoms with Crippen LogP contribution in [-0.4, -0.2) is 27.5 Å². The van der Waals surface area contributed by atoms with Crippen molar-refractivity contribution < 1.29 is 14.3 Å². The second-order valence-electron chi connectivity index (χ2n) is 7.76. The molecular formula is C23H24N2O4S2. The van der Waals surface area contributed by atoms with Gasteiger partial charge in [0, 0.05) is 28.8 Å². The lowest BCUT2D eigenvalue weighted by Crippen LogP contribution is -2.38. The molecule has 0 aliphatic carbocycles. The van der Waals surface area contributed by atoms with Gasteiger partial charge in [0.25, 0.3) is 0 Å². The maximum Gasteiger partial charge on any atom is 0.227 e. The van der Waals surface area contributed by atoms with Crippen molar-refractivity contribution in [3.05, 3.63) is 69.2 Å². The number of aromatic hydroxyl groups is 1. The normalized spacial score (nSPS) is 15.5. The molecule has 3 aromatic rings. The summed E-state index contributed by atoms with van der Waals surface area (Å²) in [6, 6.07) is 11.2. The van der Waals surface area contributed by atoms with Crippen LogP contribution in [0.3, 0.4) is 0 Å². The predicted molar refractivity (Wildman–Crippen MR) is 124 cm³/mol. The van der Waals surface area contributed by atoms with Crippen LogP contribution in [0.5, 0.6) is 5.75 Å². The molecular weight excluding hydrogens is 432 g/mol. The number of aromatic nitrogens is 1.